The van der Waals surface area contributed by atoms with Crippen molar-refractivity contribution in [2.45, 2.75) is 31.9 Å². The van der Waals surface area contributed by atoms with Gasteiger partial charge in [-0.1, -0.05) is 48.5 Å². The highest BCUT2D eigenvalue weighted by atomic mass is 19.4. The summed E-state index contributed by atoms with van der Waals surface area (Å²) in [5, 5.41) is 0. The van der Waals surface area contributed by atoms with Crippen LogP contribution in [-0.4, -0.2) is 5.78 Å². The topological polar surface area (TPSA) is 17.1 Å². The molecule has 0 aliphatic rings. The second-order valence-electron chi connectivity index (χ2n) is 5.61. The van der Waals surface area contributed by atoms with Crippen LogP contribution >= 0.6 is 0 Å². The molecule has 2 aromatic rings. The Morgan fingerprint density at radius 1 is 0.917 bits per heavy atom. The maximum atomic E-state index is 12.5. The van der Waals surface area contributed by atoms with Crippen LogP contribution < -0.4 is 0 Å². The van der Waals surface area contributed by atoms with Gasteiger partial charge in [0.25, 0.3) is 0 Å². The number of ketones is 1. The minimum atomic E-state index is -4.34. The number of alkyl halides is 3. The van der Waals surface area contributed by atoms with Crippen LogP contribution in [0, 0.1) is 0 Å². The number of allylic oxidation sites excluding steroid dienone is 1. The average molecular weight is 332 g/mol. The highest BCUT2D eigenvalue weighted by Crippen LogP contribution is 2.29. The Morgan fingerprint density at radius 3 is 2.21 bits per heavy atom. The summed E-state index contributed by atoms with van der Waals surface area (Å²) in [6.07, 6.45) is 1.78. The molecule has 0 radical (unpaired) electrons. The van der Waals surface area contributed by atoms with Gasteiger partial charge in [0.15, 0.2) is 5.78 Å². The Kier molecular flexibility index (Phi) is 6.36. The predicted molar refractivity (Wildman–Crippen MR) is 89.5 cm³/mol. The summed E-state index contributed by atoms with van der Waals surface area (Å²) in [5.74, 6) is -0.0111. The predicted octanol–water partition coefficient (Wildman–Crippen LogP) is 5.70. The average Bonchev–Trinajstić information content (AvgIpc) is 2.57. The van der Waals surface area contributed by atoms with E-state index in [-0.39, 0.29) is 5.78 Å². The first-order valence-corrected chi connectivity index (χ1v) is 7.87. The first kappa shape index (κ1) is 18.0. The van der Waals surface area contributed by atoms with Crippen LogP contribution in [0.15, 0.2) is 60.7 Å². The molecule has 0 amide bonds. The van der Waals surface area contributed by atoms with Crippen molar-refractivity contribution in [3.05, 3.63) is 77.4 Å². The lowest BCUT2D eigenvalue weighted by Gasteiger charge is -2.05. The van der Waals surface area contributed by atoms with Crippen molar-refractivity contribution >= 4 is 11.9 Å². The van der Waals surface area contributed by atoms with Crippen LogP contribution in [0.5, 0.6) is 0 Å². The van der Waals surface area contributed by atoms with E-state index in [0.29, 0.717) is 12.0 Å². The van der Waals surface area contributed by atoms with Crippen LogP contribution in [0.1, 0.15) is 36.0 Å². The number of carbonyl (C=O) groups is 1. The fraction of sp³-hybridized carbons (Fsp3) is 0.250. The quantitative estimate of drug-likeness (QED) is 0.469. The third-order valence-electron chi connectivity index (χ3n) is 3.68. The highest BCUT2D eigenvalue weighted by molar-refractivity contribution is 5.93. The largest absolute Gasteiger partial charge is 0.416 e. The van der Waals surface area contributed by atoms with Gasteiger partial charge in [-0.15, -0.1) is 0 Å². The number of rotatable bonds is 7. The third-order valence-corrected chi connectivity index (χ3v) is 3.68. The Balaban J connectivity index is 1.74. The van der Waals surface area contributed by atoms with Crippen molar-refractivity contribution in [3.8, 4) is 0 Å². The highest BCUT2D eigenvalue weighted by Gasteiger charge is 2.29. The van der Waals surface area contributed by atoms with Crippen molar-refractivity contribution in [3.63, 3.8) is 0 Å². The molecule has 0 saturated carbocycles. The van der Waals surface area contributed by atoms with Crippen LogP contribution in [0.4, 0.5) is 13.2 Å². The molecule has 2 rings (SSSR count). The monoisotopic (exact) mass is 332 g/mol. The van der Waals surface area contributed by atoms with E-state index in [2.05, 4.69) is 12.1 Å². The molecule has 0 atom stereocenters. The summed E-state index contributed by atoms with van der Waals surface area (Å²) >= 11 is 0. The maximum absolute atomic E-state index is 12.5. The summed E-state index contributed by atoms with van der Waals surface area (Å²) in [7, 11) is 0. The van der Waals surface area contributed by atoms with Gasteiger partial charge in [-0.05, 0) is 48.6 Å². The molecule has 0 bridgehead atoms. The summed E-state index contributed by atoms with van der Waals surface area (Å²) < 4.78 is 37.4. The van der Waals surface area contributed by atoms with E-state index < -0.39 is 11.7 Å². The van der Waals surface area contributed by atoms with Crippen LogP contribution in [0.25, 0.3) is 6.08 Å². The lowest BCUT2D eigenvalue weighted by atomic mass is 10.1. The summed E-state index contributed by atoms with van der Waals surface area (Å²) in [6.45, 7) is 0. The molecule has 0 aliphatic heterocycles. The third kappa shape index (κ3) is 6.03. The van der Waals surface area contributed by atoms with E-state index in [4.69, 9.17) is 0 Å². The van der Waals surface area contributed by atoms with Crippen molar-refractivity contribution in [1.29, 1.82) is 0 Å². The Labute approximate surface area is 139 Å². The summed E-state index contributed by atoms with van der Waals surface area (Å²) in [6, 6.07) is 14.8. The van der Waals surface area contributed by atoms with Gasteiger partial charge >= 0.3 is 6.18 Å². The first-order chi connectivity index (χ1) is 11.4. The molecule has 0 aliphatic carbocycles. The molecule has 0 spiro atoms. The van der Waals surface area contributed by atoms with Crippen LogP contribution in [0.2, 0.25) is 0 Å². The maximum Gasteiger partial charge on any atom is 0.416 e. The molecule has 0 saturated heterocycles. The normalized spacial score (nSPS) is 11.8. The molecule has 24 heavy (non-hydrogen) atoms. The number of benzene rings is 2. The molecule has 2 aromatic carbocycles. The van der Waals surface area contributed by atoms with Crippen molar-refractivity contribution in [2.75, 3.05) is 0 Å². The lowest BCUT2D eigenvalue weighted by Crippen LogP contribution is -2.04. The van der Waals surface area contributed by atoms with Crippen molar-refractivity contribution in [1.82, 2.24) is 0 Å². The number of carbonyl (C=O) groups excluding carboxylic acids is 1. The Bertz CT molecular complexity index is 670. The fourth-order valence-electron chi connectivity index (χ4n) is 2.33. The summed E-state index contributed by atoms with van der Waals surface area (Å²) in [5.41, 5.74) is 1.15. The first-order valence-electron chi connectivity index (χ1n) is 7.87. The minimum absolute atomic E-state index is 0.0111. The number of unbranched alkanes of at least 4 members (excludes halogenated alkanes) is 1. The molecule has 1 nitrogen and oxygen atoms in total. The van der Waals surface area contributed by atoms with Crippen molar-refractivity contribution < 1.29 is 18.0 Å². The van der Waals surface area contributed by atoms with Gasteiger partial charge in [-0.2, -0.15) is 13.2 Å². The van der Waals surface area contributed by atoms with Gasteiger partial charge in [0.1, 0.15) is 0 Å². The van der Waals surface area contributed by atoms with Gasteiger partial charge in [0, 0.05) is 6.42 Å². The summed E-state index contributed by atoms with van der Waals surface area (Å²) in [4.78, 5) is 11.8. The number of halogens is 3. The van der Waals surface area contributed by atoms with Gasteiger partial charge < -0.3 is 0 Å². The van der Waals surface area contributed by atoms with E-state index in [0.717, 1.165) is 31.4 Å². The molecular weight excluding hydrogens is 313 g/mol. The van der Waals surface area contributed by atoms with Gasteiger partial charge in [0.2, 0.25) is 0 Å². The van der Waals surface area contributed by atoms with Gasteiger partial charge in [-0.3, -0.25) is 4.79 Å². The molecule has 0 N–H and O–H groups in total. The molecule has 126 valence electrons. The molecule has 0 unspecified atom stereocenters. The van der Waals surface area contributed by atoms with Crippen LogP contribution in [0.3, 0.4) is 0 Å². The molecule has 0 fully saturated rings. The lowest BCUT2D eigenvalue weighted by molar-refractivity contribution is -0.137. The van der Waals surface area contributed by atoms with E-state index in [9.17, 15) is 18.0 Å². The minimum Gasteiger partial charge on any atom is -0.295 e. The second kappa shape index (κ2) is 8.48. The zero-order chi connectivity index (χ0) is 17.4. The Hall–Kier alpha value is -2.36. The smallest absolute Gasteiger partial charge is 0.295 e. The number of hydrogen-bond donors (Lipinski definition) is 0. The van der Waals surface area contributed by atoms with Crippen LogP contribution in [-0.2, 0) is 17.4 Å². The molecule has 0 aromatic heterocycles. The molecular formula is C20H19F3O. The van der Waals surface area contributed by atoms with E-state index in [1.807, 2.05) is 18.2 Å². The van der Waals surface area contributed by atoms with Gasteiger partial charge in [-0.25, -0.2) is 0 Å². The van der Waals surface area contributed by atoms with Gasteiger partial charge in [0.05, 0.1) is 5.56 Å². The zero-order valence-electron chi connectivity index (χ0n) is 13.2. The molecule has 4 heteroatoms. The SMILES string of the molecule is O=C(/C=C/c1ccc(C(F)(F)F)cc1)CCCCc1ccccc1. The van der Waals surface area contributed by atoms with E-state index >= 15 is 0 Å². The second-order valence-corrected chi connectivity index (χ2v) is 5.61. The van der Waals surface area contributed by atoms with E-state index in [1.54, 1.807) is 6.08 Å². The number of aryl methyl sites for hydroxylation is 1. The standard InChI is InChI=1S/C20H19F3O/c21-20(22,23)18-13-10-17(11-14-18)12-15-19(24)9-5-4-8-16-6-2-1-3-7-16/h1-3,6-7,10-15H,4-5,8-9H2/b15-12+. The van der Waals surface area contributed by atoms with Crippen molar-refractivity contribution in [2.24, 2.45) is 0 Å². The molecule has 0 heterocycles. The number of hydrogen-bond acceptors (Lipinski definition) is 1. The van der Waals surface area contributed by atoms with E-state index in [1.165, 1.54) is 23.8 Å². The zero-order valence-corrected chi connectivity index (χ0v) is 13.2. The fourth-order valence-corrected chi connectivity index (χ4v) is 2.33. The Morgan fingerprint density at radius 2 is 1.58 bits per heavy atom.